The van der Waals surface area contributed by atoms with E-state index in [9.17, 15) is 4.79 Å². The van der Waals surface area contributed by atoms with Crippen molar-refractivity contribution in [2.24, 2.45) is 28.9 Å². The summed E-state index contributed by atoms with van der Waals surface area (Å²) >= 11 is 0. The van der Waals surface area contributed by atoms with Gasteiger partial charge >= 0.3 is 0 Å². The number of carbonyl (C=O) groups is 1. The third-order valence-corrected chi connectivity index (χ3v) is 7.18. The van der Waals surface area contributed by atoms with E-state index < -0.39 is 0 Å². The molecule has 1 aliphatic heterocycles. The van der Waals surface area contributed by atoms with E-state index >= 15 is 0 Å². The van der Waals surface area contributed by atoms with Crippen LogP contribution in [0.3, 0.4) is 0 Å². The van der Waals surface area contributed by atoms with E-state index in [1.54, 1.807) is 0 Å². The molecule has 0 unspecified atom stereocenters. The van der Waals surface area contributed by atoms with Crippen LogP contribution in [0.15, 0.2) is 30.5 Å². The second-order valence-corrected chi connectivity index (χ2v) is 9.91. The smallest absolute Gasteiger partial charge is 0.230 e. The molecule has 38 heavy (non-hydrogen) atoms. The summed E-state index contributed by atoms with van der Waals surface area (Å²) < 4.78 is 0. The Labute approximate surface area is 229 Å². The first-order chi connectivity index (χ1) is 18.5. The molecule has 0 saturated heterocycles. The van der Waals surface area contributed by atoms with Gasteiger partial charge in [-0.15, -0.1) is 0 Å². The van der Waals surface area contributed by atoms with Gasteiger partial charge in [0.15, 0.2) is 0 Å². The highest BCUT2D eigenvalue weighted by Crippen LogP contribution is 2.40. The largest absolute Gasteiger partial charge is 0.361 e. The second kappa shape index (κ2) is 17.3. The predicted octanol–water partition coefficient (Wildman–Crippen LogP) is 1.47. The van der Waals surface area contributed by atoms with Crippen LogP contribution in [0.25, 0.3) is 16.5 Å². The lowest BCUT2D eigenvalue weighted by molar-refractivity contribution is -0.134. The van der Waals surface area contributed by atoms with Crippen molar-refractivity contribution < 1.29 is 4.79 Å². The molecule has 2 aliphatic rings. The first-order valence-electron chi connectivity index (χ1n) is 14.3. The van der Waals surface area contributed by atoms with E-state index in [2.05, 4.69) is 66.6 Å². The molecule has 9 nitrogen and oxygen atoms in total. The van der Waals surface area contributed by atoms with Crippen LogP contribution in [0, 0.1) is 5.92 Å². The van der Waals surface area contributed by atoms with Crippen molar-refractivity contribution in [1.82, 2.24) is 20.1 Å². The summed E-state index contributed by atoms with van der Waals surface area (Å²) in [5.74, 6) is 0.210. The van der Waals surface area contributed by atoms with E-state index in [0.29, 0.717) is 6.04 Å². The Balaban J connectivity index is 0.000000302. The summed E-state index contributed by atoms with van der Waals surface area (Å²) in [6.07, 6.45) is 8.47. The molecule has 2 aromatic rings. The van der Waals surface area contributed by atoms with Crippen LogP contribution in [0.2, 0.25) is 0 Å². The average molecular weight is 529 g/mol. The summed E-state index contributed by atoms with van der Waals surface area (Å²) in [4.78, 5) is 20.6. The molecule has 2 atom stereocenters. The Morgan fingerprint density at radius 2 is 1.66 bits per heavy atom. The number of likely N-dealkylation sites (N-methyl/N-ethyl adjacent to an activating group) is 1. The molecule has 0 spiro atoms. The van der Waals surface area contributed by atoms with Crippen LogP contribution in [-0.4, -0.2) is 92.7 Å². The Morgan fingerprint density at radius 1 is 1.03 bits per heavy atom. The zero-order valence-electron chi connectivity index (χ0n) is 23.8. The van der Waals surface area contributed by atoms with Crippen molar-refractivity contribution in [3.8, 4) is 0 Å². The lowest BCUT2D eigenvalue weighted by atomic mass is 9.79. The number of aromatic amines is 1. The number of aromatic nitrogens is 1. The Hall–Kier alpha value is -2.27. The van der Waals surface area contributed by atoms with E-state index in [-0.39, 0.29) is 11.8 Å². The molecule has 4 rings (SSSR count). The Kier molecular flexibility index (Phi) is 14.6. The van der Waals surface area contributed by atoms with Crippen LogP contribution >= 0.6 is 0 Å². The number of rotatable bonds is 11. The van der Waals surface area contributed by atoms with E-state index in [0.717, 1.165) is 84.6 Å². The van der Waals surface area contributed by atoms with Crippen LogP contribution in [0.4, 0.5) is 0 Å². The fraction of sp³-hybridized carbons (Fsp3) is 0.621. The maximum absolute atomic E-state index is 12.9. The van der Waals surface area contributed by atoms with Gasteiger partial charge in [0.2, 0.25) is 5.91 Å². The summed E-state index contributed by atoms with van der Waals surface area (Å²) in [5.41, 5.74) is 25.9. The molecule has 0 radical (unpaired) electrons. The molecular formula is C29H52N8O. The molecule has 1 aliphatic carbocycles. The number of nitrogens with two attached hydrogens (primary N) is 4. The second-order valence-electron chi connectivity index (χ2n) is 9.91. The fourth-order valence-electron chi connectivity index (χ4n) is 5.07. The van der Waals surface area contributed by atoms with Gasteiger partial charge in [0, 0.05) is 42.8 Å². The van der Waals surface area contributed by atoms with E-state index in [1.165, 1.54) is 27.6 Å². The zero-order chi connectivity index (χ0) is 27.9. The van der Waals surface area contributed by atoms with Gasteiger partial charge in [-0.2, -0.15) is 0 Å². The molecule has 1 aromatic heterocycles. The number of carbonyl (C=O) groups excluding carboxylic acids is 1. The van der Waals surface area contributed by atoms with Gasteiger partial charge in [-0.05, 0) is 109 Å². The van der Waals surface area contributed by atoms with Gasteiger partial charge in [-0.3, -0.25) is 9.69 Å². The minimum absolute atomic E-state index is 0.0445. The van der Waals surface area contributed by atoms with Crippen molar-refractivity contribution in [1.29, 1.82) is 0 Å². The van der Waals surface area contributed by atoms with Crippen LogP contribution < -0.4 is 28.3 Å². The Bertz CT molecular complexity index is 976. The molecule has 0 fully saturated rings. The first-order valence-corrected chi connectivity index (χ1v) is 14.3. The molecule has 0 bridgehead atoms. The standard InChI is InChI=1S/C20H25N3O.C6H17N3.C3H10N2/c1-4-23(5-2)20(24)14-9-16-15-7-6-8-17-19(15)13(11-21-17)10-18(16)22(3)12-14;7-3-1-5-9-6-2-4-8;4-2-1-3-5/h6-9,11,14,18,21H,4-5,10,12H2,1-3H3;9H,1-8H2;1-5H2/t14-,18-;;/m1../s1. The lowest BCUT2D eigenvalue weighted by Crippen LogP contribution is -2.47. The number of amides is 1. The molecule has 1 amide bonds. The van der Waals surface area contributed by atoms with Gasteiger partial charge in [0.1, 0.15) is 0 Å². The Morgan fingerprint density at radius 3 is 2.21 bits per heavy atom. The monoisotopic (exact) mass is 528 g/mol. The number of hydrogen-bond donors (Lipinski definition) is 6. The van der Waals surface area contributed by atoms with Crippen molar-refractivity contribution in [3.63, 3.8) is 0 Å². The normalized spacial score (nSPS) is 18.0. The van der Waals surface area contributed by atoms with Crippen LogP contribution in [0.1, 0.15) is 44.2 Å². The van der Waals surface area contributed by atoms with Gasteiger partial charge in [0.25, 0.3) is 0 Å². The highest BCUT2D eigenvalue weighted by Gasteiger charge is 2.36. The molecule has 10 N–H and O–H groups in total. The molecule has 9 heteroatoms. The summed E-state index contributed by atoms with van der Waals surface area (Å²) in [6, 6.07) is 6.82. The zero-order valence-corrected chi connectivity index (χ0v) is 23.8. The lowest BCUT2D eigenvalue weighted by Gasteiger charge is -2.40. The molecule has 1 aromatic carbocycles. The average Bonchev–Trinajstić information content (AvgIpc) is 3.35. The molecule has 214 valence electrons. The van der Waals surface area contributed by atoms with Crippen molar-refractivity contribution in [2.45, 2.75) is 45.6 Å². The molecule has 0 saturated carbocycles. The third kappa shape index (κ3) is 8.62. The third-order valence-electron chi connectivity index (χ3n) is 7.18. The van der Waals surface area contributed by atoms with Crippen molar-refractivity contribution in [3.05, 3.63) is 41.6 Å². The topological polar surface area (TPSA) is 155 Å². The van der Waals surface area contributed by atoms with Crippen molar-refractivity contribution in [2.75, 3.05) is 66.0 Å². The van der Waals surface area contributed by atoms with Gasteiger partial charge in [0.05, 0.1) is 5.92 Å². The number of H-pyrrole nitrogens is 1. The number of hydrogen-bond acceptors (Lipinski definition) is 7. The summed E-state index contributed by atoms with van der Waals surface area (Å²) in [6.45, 7) is 11.5. The summed E-state index contributed by atoms with van der Waals surface area (Å²) in [7, 11) is 2.15. The summed E-state index contributed by atoms with van der Waals surface area (Å²) in [5, 5.41) is 4.56. The fourth-order valence-corrected chi connectivity index (χ4v) is 5.07. The minimum Gasteiger partial charge on any atom is -0.361 e. The number of fused-ring (bicyclic) bond motifs is 2. The highest BCUT2D eigenvalue weighted by atomic mass is 16.2. The predicted molar refractivity (Wildman–Crippen MR) is 161 cm³/mol. The SMILES string of the molecule is CCN(CC)C(=O)[C@@H]1C=C2c3cccc4[nH]cc(c34)C[C@H]2N(C)C1.NCCCN.NCCCNCCCN. The first kappa shape index (κ1) is 31.9. The van der Waals surface area contributed by atoms with Gasteiger partial charge in [-0.1, -0.05) is 18.2 Å². The minimum atomic E-state index is -0.0445. The maximum atomic E-state index is 12.9. The number of nitrogens with one attached hydrogen (secondary N) is 2. The van der Waals surface area contributed by atoms with Gasteiger partial charge in [-0.25, -0.2) is 0 Å². The van der Waals surface area contributed by atoms with Crippen LogP contribution in [-0.2, 0) is 11.2 Å². The van der Waals surface area contributed by atoms with E-state index in [1.807, 2.05) is 4.90 Å². The maximum Gasteiger partial charge on any atom is 0.230 e. The highest BCUT2D eigenvalue weighted by molar-refractivity contribution is 5.99. The molecular weight excluding hydrogens is 476 g/mol. The van der Waals surface area contributed by atoms with E-state index in [4.69, 9.17) is 22.9 Å². The van der Waals surface area contributed by atoms with Crippen molar-refractivity contribution >= 4 is 22.4 Å². The van der Waals surface area contributed by atoms with Crippen LogP contribution in [0.5, 0.6) is 0 Å². The number of benzene rings is 1. The van der Waals surface area contributed by atoms with Gasteiger partial charge < -0.3 is 38.1 Å². The molecule has 2 heterocycles. The quantitative estimate of drug-likeness (QED) is 0.241. The number of nitrogens with zero attached hydrogens (tertiary/aromatic N) is 2.